The Balaban J connectivity index is 2.12. The average molecular weight is 223 g/mol. The molecule has 3 atom stereocenters. The molecular formula is C14H25NO. The number of amides is 1. The summed E-state index contributed by atoms with van der Waals surface area (Å²) in [6.45, 7) is 6.85. The van der Waals surface area contributed by atoms with Gasteiger partial charge in [0.25, 0.3) is 0 Å². The summed E-state index contributed by atoms with van der Waals surface area (Å²) in [4.78, 5) is 11.7. The van der Waals surface area contributed by atoms with Crippen molar-refractivity contribution < 1.29 is 4.79 Å². The van der Waals surface area contributed by atoms with Crippen molar-refractivity contribution in [1.82, 2.24) is 5.32 Å². The highest BCUT2D eigenvalue weighted by atomic mass is 16.2. The van der Waals surface area contributed by atoms with Crippen molar-refractivity contribution in [2.75, 3.05) is 0 Å². The van der Waals surface area contributed by atoms with Gasteiger partial charge in [-0.2, -0.15) is 0 Å². The van der Waals surface area contributed by atoms with E-state index in [0.717, 1.165) is 18.8 Å². The SMILES string of the molecule is CC(C)CC1NC(=O)CC12CCCC(C)C2. The van der Waals surface area contributed by atoms with Crippen LogP contribution in [0.1, 0.15) is 59.3 Å². The van der Waals surface area contributed by atoms with Crippen molar-refractivity contribution in [2.24, 2.45) is 17.3 Å². The molecule has 2 nitrogen and oxygen atoms in total. The number of carbonyl (C=O) groups is 1. The number of rotatable bonds is 2. The first-order valence-electron chi connectivity index (χ1n) is 6.81. The second kappa shape index (κ2) is 4.38. The number of nitrogens with one attached hydrogen (secondary N) is 1. The molecule has 1 saturated heterocycles. The standard InChI is InChI=1S/C14H25NO/c1-10(2)7-12-14(9-13(16)15-12)6-4-5-11(3)8-14/h10-12H,4-9H2,1-3H3,(H,15,16). The Labute approximate surface area is 99.2 Å². The minimum atomic E-state index is 0.291. The minimum absolute atomic E-state index is 0.291. The molecule has 1 N–H and O–H groups in total. The summed E-state index contributed by atoms with van der Waals surface area (Å²) < 4.78 is 0. The molecule has 1 saturated carbocycles. The lowest BCUT2D eigenvalue weighted by Crippen LogP contribution is -2.41. The number of hydrogen-bond acceptors (Lipinski definition) is 1. The fourth-order valence-corrected chi connectivity index (χ4v) is 3.80. The molecule has 2 rings (SSSR count). The molecule has 2 heteroatoms. The monoisotopic (exact) mass is 223 g/mol. The maximum atomic E-state index is 11.7. The van der Waals surface area contributed by atoms with Gasteiger partial charge in [-0.05, 0) is 36.5 Å². The van der Waals surface area contributed by atoms with Gasteiger partial charge in [0.15, 0.2) is 0 Å². The summed E-state index contributed by atoms with van der Waals surface area (Å²) in [5.74, 6) is 1.77. The predicted molar refractivity (Wildman–Crippen MR) is 66.1 cm³/mol. The highest BCUT2D eigenvalue weighted by molar-refractivity contribution is 5.80. The molecule has 0 aromatic rings. The lowest BCUT2D eigenvalue weighted by Gasteiger charge is -2.41. The van der Waals surface area contributed by atoms with Crippen LogP contribution in [-0.4, -0.2) is 11.9 Å². The van der Waals surface area contributed by atoms with Gasteiger partial charge in [-0.3, -0.25) is 4.79 Å². The second-order valence-corrected chi connectivity index (χ2v) is 6.49. The zero-order valence-corrected chi connectivity index (χ0v) is 10.9. The number of hydrogen-bond donors (Lipinski definition) is 1. The molecule has 2 fully saturated rings. The van der Waals surface area contributed by atoms with E-state index in [2.05, 4.69) is 26.1 Å². The molecule has 0 bridgehead atoms. The molecule has 1 aliphatic carbocycles. The smallest absolute Gasteiger partial charge is 0.220 e. The van der Waals surface area contributed by atoms with Gasteiger partial charge in [0.05, 0.1) is 0 Å². The molecule has 0 radical (unpaired) electrons. The maximum Gasteiger partial charge on any atom is 0.220 e. The summed E-state index contributed by atoms with van der Waals surface area (Å²) in [6.07, 6.45) is 7.11. The summed E-state index contributed by atoms with van der Waals surface area (Å²) in [5, 5.41) is 3.23. The Morgan fingerprint density at radius 2 is 2.25 bits per heavy atom. The van der Waals surface area contributed by atoms with E-state index in [1.807, 2.05) is 0 Å². The number of carbonyl (C=O) groups excluding carboxylic acids is 1. The summed E-state index contributed by atoms with van der Waals surface area (Å²) in [6, 6.07) is 0.447. The fraction of sp³-hybridized carbons (Fsp3) is 0.929. The maximum absolute atomic E-state index is 11.7. The summed E-state index contributed by atoms with van der Waals surface area (Å²) in [5.41, 5.74) is 0.305. The van der Waals surface area contributed by atoms with E-state index in [9.17, 15) is 4.79 Å². The van der Waals surface area contributed by atoms with Gasteiger partial charge in [-0.1, -0.05) is 33.6 Å². The van der Waals surface area contributed by atoms with Gasteiger partial charge in [-0.25, -0.2) is 0 Å². The van der Waals surface area contributed by atoms with E-state index in [1.165, 1.54) is 25.7 Å². The van der Waals surface area contributed by atoms with Crippen LogP contribution in [0.15, 0.2) is 0 Å². The van der Waals surface area contributed by atoms with Crippen LogP contribution < -0.4 is 5.32 Å². The molecule has 2 aliphatic rings. The quantitative estimate of drug-likeness (QED) is 0.765. The molecule has 0 aromatic heterocycles. The largest absolute Gasteiger partial charge is 0.353 e. The van der Waals surface area contributed by atoms with Crippen molar-refractivity contribution in [1.29, 1.82) is 0 Å². The van der Waals surface area contributed by atoms with Crippen molar-refractivity contribution in [2.45, 2.75) is 65.3 Å². The summed E-state index contributed by atoms with van der Waals surface area (Å²) in [7, 11) is 0. The van der Waals surface area contributed by atoms with Crippen molar-refractivity contribution in [3.63, 3.8) is 0 Å². The zero-order valence-electron chi connectivity index (χ0n) is 10.9. The van der Waals surface area contributed by atoms with Crippen LogP contribution in [0, 0.1) is 17.3 Å². The summed E-state index contributed by atoms with van der Waals surface area (Å²) >= 11 is 0. The Morgan fingerprint density at radius 3 is 2.88 bits per heavy atom. The third-order valence-electron chi connectivity index (χ3n) is 4.42. The first-order valence-corrected chi connectivity index (χ1v) is 6.81. The van der Waals surface area contributed by atoms with Crippen LogP contribution >= 0.6 is 0 Å². The predicted octanol–water partition coefficient (Wildman–Crippen LogP) is 3.12. The van der Waals surface area contributed by atoms with Crippen molar-refractivity contribution in [3.05, 3.63) is 0 Å². The van der Waals surface area contributed by atoms with Gasteiger partial charge in [0.1, 0.15) is 0 Å². The van der Waals surface area contributed by atoms with Crippen LogP contribution in [0.3, 0.4) is 0 Å². The lowest BCUT2D eigenvalue weighted by atomic mass is 9.64. The van der Waals surface area contributed by atoms with E-state index >= 15 is 0 Å². The molecular weight excluding hydrogens is 198 g/mol. The van der Waals surface area contributed by atoms with Gasteiger partial charge < -0.3 is 5.32 Å². The van der Waals surface area contributed by atoms with Gasteiger partial charge in [-0.15, -0.1) is 0 Å². The highest BCUT2D eigenvalue weighted by Crippen LogP contribution is 2.48. The van der Waals surface area contributed by atoms with Crippen LogP contribution in [0.4, 0.5) is 0 Å². The minimum Gasteiger partial charge on any atom is -0.353 e. The Morgan fingerprint density at radius 1 is 1.50 bits per heavy atom. The Kier molecular flexibility index (Phi) is 3.27. The molecule has 0 aromatic carbocycles. The normalized spacial score (nSPS) is 39.4. The Hall–Kier alpha value is -0.530. The lowest BCUT2D eigenvalue weighted by molar-refractivity contribution is -0.120. The van der Waals surface area contributed by atoms with E-state index < -0.39 is 0 Å². The van der Waals surface area contributed by atoms with Crippen molar-refractivity contribution >= 4 is 5.91 Å². The molecule has 92 valence electrons. The molecule has 1 aliphatic heterocycles. The molecule has 3 unspecified atom stereocenters. The molecule has 1 spiro atoms. The highest BCUT2D eigenvalue weighted by Gasteiger charge is 2.48. The van der Waals surface area contributed by atoms with Crippen LogP contribution in [0.25, 0.3) is 0 Å². The van der Waals surface area contributed by atoms with Crippen molar-refractivity contribution in [3.8, 4) is 0 Å². The topological polar surface area (TPSA) is 29.1 Å². The molecule has 16 heavy (non-hydrogen) atoms. The third-order valence-corrected chi connectivity index (χ3v) is 4.42. The van der Waals surface area contributed by atoms with Gasteiger partial charge in [0.2, 0.25) is 5.91 Å². The second-order valence-electron chi connectivity index (χ2n) is 6.49. The van der Waals surface area contributed by atoms with E-state index in [4.69, 9.17) is 0 Å². The first kappa shape index (κ1) is 11.9. The zero-order chi connectivity index (χ0) is 11.8. The van der Waals surface area contributed by atoms with Crippen LogP contribution in [0.5, 0.6) is 0 Å². The third kappa shape index (κ3) is 2.26. The van der Waals surface area contributed by atoms with Gasteiger partial charge >= 0.3 is 0 Å². The molecule has 1 amide bonds. The first-order chi connectivity index (χ1) is 7.52. The van der Waals surface area contributed by atoms with E-state index in [0.29, 0.717) is 23.3 Å². The van der Waals surface area contributed by atoms with Crippen LogP contribution in [0.2, 0.25) is 0 Å². The average Bonchev–Trinajstić information content (AvgIpc) is 2.41. The van der Waals surface area contributed by atoms with E-state index in [1.54, 1.807) is 0 Å². The fourth-order valence-electron chi connectivity index (χ4n) is 3.80. The Bertz CT molecular complexity index is 274. The molecule has 1 heterocycles. The van der Waals surface area contributed by atoms with E-state index in [-0.39, 0.29) is 0 Å². The van der Waals surface area contributed by atoms with Gasteiger partial charge in [0, 0.05) is 12.5 Å². The van der Waals surface area contributed by atoms with Crippen LogP contribution in [-0.2, 0) is 4.79 Å².